The second kappa shape index (κ2) is 17.0. The molecule has 0 aliphatic carbocycles. The van der Waals surface area contributed by atoms with Gasteiger partial charge >= 0.3 is 0 Å². The van der Waals surface area contributed by atoms with Gasteiger partial charge in [-0.2, -0.15) is 0 Å². The highest BCUT2D eigenvalue weighted by atomic mass is 16.2. The van der Waals surface area contributed by atoms with Crippen molar-refractivity contribution < 1.29 is 24.0 Å². The van der Waals surface area contributed by atoms with Crippen LogP contribution < -0.4 is 5.32 Å². The lowest BCUT2D eigenvalue weighted by Gasteiger charge is -2.32. The van der Waals surface area contributed by atoms with Crippen molar-refractivity contribution >= 4 is 29.0 Å². The second-order valence-electron chi connectivity index (χ2n) is 12.2. The predicted molar refractivity (Wildman–Crippen MR) is 168 cm³/mol. The molecule has 0 saturated carbocycles. The number of hydrogen-bond acceptors (Lipinski definition) is 7. The smallest absolute Gasteiger partial charge is 0.224 e. The fourth-order valence-corrected chi connectivity index (χ4v) is 5.42. The molecule has 8 heteroatoms. The van der Waals surface area contributed by atoms with Crippen molar-refractivity contribution in [2.75, 3.05) is 39.8 Å². The van der Waals surface area contributed by atoms with E-state index in [1.807, 2.05) is 50.2 Å². The van der Waals surface area contributed by atoms with Gasteiger partial charge < -0.3 is 15.1 Å². The Morgan fingerprint density at radius 2 is 1.42 bits per heavy atom. The summed E-state index contributed by atoms with van der Waals surface area (Å²) in [5.41, 5.74) is 1.45. The van der Waals surface area contributed by atoms with Crippen LogP contribution in [-0.4, -0.2) is 84.7 Å². The number of piperazine rings is 1. The standard InChI is InChI=1S/C35H47N3O5/c1-25(2)30(34(42)31(39)16-11-17-38-20-18-37(4)19-21-38)24-32(40)26(3)36-35(43)29(22-27-12-7-5-8-13-27)23-33(41)28-14-9-6-10-15-28/h5-10,12-15,25-26,29-30H,11,16-24H2,1-4H3,(H,36,43)/t26-,29+,30-/m0/s1. The number of ketones is 4. The monoisotopic (exact) mass is 589 g/mol. The zero-order valence-corrected chi connectivity index (χ0v) is 26.1. The average Bonchev–Trinajstić information content (AvgIpc) is 3.00. The predicted octanol–water partition coefficient (Wildman–Crippen LogP) is 4.02. The molecule has 0 aromatic heterocycles. The van der Waals surface area contributed by atoms with E-state index < -0.39 is 29.4 Å². The summed E-state index contributed by atoms with van der Waals surface area (Å²) in [7, 11) is 2.09. The summed E-state index contributed by atoms with van der Waals surface area (Å²) in [6.45, 7) is 9.95. The molecule has 1 amide bonds. The SMILES string of the molecule is CC(C)[C@H](CC(=O)[C@H](C)NC(=O)[C@@H](CC(=O)c1ccccc1)Cc1ccccc1)C(=O)C(=O)CCCN1CCN(C)CC1. The Hall–Kier alpha value is -3.49. The summed E-state index contributed by atoms with van der Waals surface area (Å²) >= 11 is 0. The Kier molecular flexibility index (Phi) is 13.4. The Bertz CT molecular complexity index is 1220. The largest absolute Gasteiger partial charge is 0.346 e. The van der Waals surface area contributed by atoms with E-state index in [-0.39, 0.29) is 42.7 Å². The Labute approximate surface area is 256 Å². The number of likely N-dealkylation sites (N-methyl/N-ethyl adjacent to an activating group) is 1. The summed E-state index contributed by atoms with van der Waals surface area (Å²) in [4.78, 5) is 70.1. The fourth-order valence-electron chi connectivity index (χ4n) is 5.42. The van der Waals surface area contributed by atoms with Crippen LogP contribution in [0.3, 0.4) is 0 Å². The van der Waals surface area contributed by atoms with Crippen LogP contribution in [0.4, 0.5) is 0 Å². The maximum absolute atomic E-state index is 13.4. The molecule has 2 aromatic carbocycles. The average molecular weight is 590 g/mol. The zero-order valence-electron chi connectivity index (χ0n) is 26.1. The van der Waals surface area contributed by atoms with E-state index in [1.54, 1.807) is 31.2 Å². The van der Waals surface area contributed by atoms with Gasteiger partial charge in [0, 0.05) is 62.8 Å². The molecule has 1 saturated heterocycles. The molecule has 43 heavy (non-hydrogen) atoms. The minimum Gasteiger partial charge on any atom is -0.346 e. The summed E-state index contributed by atoms with van der Waals surface area (Å²) in [5, 5.41) is 2.80. The fraction of sp³-hybridized carbons (Fsp3) is 0.514. The van der Waals surface area contributed by atoms with Gasteiger partial charge in [0.05, 0.1) is 6.04 Å². The highest BCUT2D eigenvalue weighted by Crippen LogP contribution is 2.21. The van der Waals surface area contributed by atoms with E-state index in [1.165, 1.54) is 0 Å². The molecule has 1 aliphatic rings. The number of Topliss-reactive ketones (excluding diaryl/α,β-unsaturated/α-hetero) is 4. The van der Waals surface area contributed by atoms with Gasteiger partial charge in [0.25, 0.3) is 0 Å². The molecule has 1 aliphatic heterocycles. The molecule has 1 heterocycles. The molecular weight excluding hydrogens is 542 g/mol. The van der Waals surface area contributed by atoms with Crippen molar-refractivity contribution in [1.29, 1.82) is 0 Å². The van der Waals surface area contributed by atoms with Gasteiger partial charge in [0.1, 0.15) is 0 Å². The summed E-state index contributed by atoms with van der Waals surface area (Å²) < 4.78 is 0. The van der Waals surface area contributed by atoms with E-state index in [4.69, 9.17) is 0 Å². The molecule has 0 bridgehead atoms. The topological polar surface area (TPSA) is 104 Å². The van der Waals surface area contributed by atoms with Crippen LogP contribution in [0.5, 0.6) is 0 Å². The number of benzene rings is 2. The molecule has 3 rings (SSSR count). The number of rotatable bonds is 17. The maximum atomic E-state index is 13.4. The van der Waals surface area contributed by atoms with Gasteiger partial charge in [-0.3, -0.25) is 24.0 Å². The van der Waals surface area contributed by atoms with Crippen LogP contribution in [0.15, 0.2) is 60.7 Å². The highest BCUT2D eigenvalue weighted by Gasteiger charge is 2.32. The van der Waals surface area contributed by atoms with Crippen LogP contribution in [-0.2, 0) is 25.6 Å². The van der Waals surface area contributed by atoms with Crippen LogP contribution in [0.1, 0.15) is 62.4 Å². The van der Waals surface area contributed by atoms with Gasteiger partial charge in [0.2, 0.25) is 11.7 Å². The van der Waals surface area contributed by atoms with Crippen molar-refractivity contribution in [2.24, 2.45) is 17.8 Å². The zero-order chi connectivity index (χ0) is 31.4. The molecule has 1 fully saturated rings. The summed E-state index contributed by atoms with van der Waals surface area (Å²) in [6.07, 6.45) is 1.02. The molecule has 0 spiro atoms. The summed E-state index contributed by atoms with van der Waals surface area (Å²) in [6, 6.07) is 17.4. The number of carbonyl (C=O) groups excluding carboxylic acids is 5. The van der Waals surface area contributed by atoms with E-state index in [9.17, 15) is 24.0 Å². The molecule has 232 valence electrons. The number of hydrogen-bond donors (Lipinski definition) is 1. The number of nitrogens with zero attached hydrogens (tertiary/aromatic N) is 2. The van der Waals surface area contributed by atoms with Crippen LogP contribution in [0.25, 0.3) is 0 Å². The molecule has 1 N–H and O–H groups in total. The minimum absolute atomic E-state index is 0.00138. The molecule has 8 nitrogen and oxygen atoms in total. The van der Waals surface area contributed by atoms with Gasteiger partial charge in [-0.1, -0.05) is 74.5 Å². The van der Waals surface area contributed by atoms with Crippen molar-refractivity contribution in [1.82, 2.24) is 15.1 Å². The van der Waals surface area contributed by atoms with Crippen LogP contribution >= 0.6 is 0 Å². The first-order valence-corrected chi connectivity index (χ1v) is 15.5. The first-order chi connectivity index (χ1) is 20.5. The minimum atomic E-state index is -0.862. The number of nitrogens with one attached hydrogen (secondary N) is 1. The van der Waals surface area contributed by atoms with Gasteiger partial charge in [-0.05, 0) is 44.8 Å². The summed E-state index contributed by atoms with van der Waals surface area (Å²) in [5.74, 6) is -3.38. The van der Waals surface area contributed by atoms with E-state index >= 15 is 0 Å². The second-order valence-corrected chi connectivity index (χ2v) is 12.2. The molecule has 0 radical (unpaired) electrons. The van der Waals surface area contributed by atoms with Crippen LogP contribution in [0, 0.1) is 17.8 Å². The normalized spacial score (nSPS) is 16.3. The lowest BCUT2D eigenvalue weighted by Crippen LogP contribution is -2.45. The lowest BCUT2D eigenvalue weighted by molar-refractivity contribution is -0.141. The van der Waals surface area contributed by atoms with Gasteiger partial charge in [-0.15, -0.1) is 0 Å². The number of carbonyl (C=O) groups is 5. The van der Waals surface area contributed by atoms with Crippen LogP contribution in [0.2, 0.25) is 0 Å². The van der Waals surface area contributed by atoms with Gasteiger partial charge in [0.15, 0.2) is 17.3 Å². The quantitative estimate of drug-likeness (QED) is 0.220. The highest BCUT2D eigenvalue weighted by molar-refractivity contribution is 6.38. The van der Waals surface area contributed by atoms with Crippen molar-refractivity contribution in [2.45, 2.75) is 58.9 Å². The Morgan fingerprint density at radius 3 is 2.02 bits per heavy atom. The van der Waals surface area contributed by atoms with Crippen molar-refractivity contribution in [3.63, 3.8) is 0 Å². The third-order valence-electron chi connectivity index (χ3n) is 8.38. The van der Waals surface area contributed by atoms with E-state index in [2.05, 4.69) is 22.2 Å². The van der Waals surface area contributed by atoms with E-state index in [0.717, 1.165) is 38.3 Å². The first-order valence-electron chi connectivity index (χ1n) is 15.5. The van der Waals surface area contributed by atoms with Gasteiger partial charge in [-0.25, -0.2) is 0 Å². The molecule has 2 aromatic rings. The Balaban J connectivity index is 1.57. The molecule has 0 unspecified atom stereocenters. The maximum Gasteiger partial charge on any atom is 0.224 e. The third-order valence-corrected chi connectivity index (χ3v) is 8.38. The number of amides is 1. The lowest BCUT2D eigenvalue weighted by atomic mass is 9.83. The third kappa shape index (κ3) is 10.9. The molecular formula is C35H47N3O5. The first kappa shape index (κ1) is 34.0. The molecule has 3 atom stereocenters. The van der Waals surface area contributed by atoms with E-state index in [0.29, 0.717) is 18.4 Å². The van der Waals surface area contributed by atoms with Crippen molar-refractivity contribution in [3.05, 3.63) is 71.8 Å². The van der Waals surface area contributed by atoms with Crippen molar-refractivity contribution in [3.8, 4) is 0 Å². The Morgan fingerprint density at radius 1 is 0.814 bits per heavy atom.